The Bertz CT molecular complexity index is 723. The fourth-order valence-corrected chi connectivity index (χ4v) is 3.57. The Morgan fingerprint density at radius 2 is 1.48 bits per heavy atom. The van der Waals surface area contributed by atoms with Crippen LogP contribution in [-0.2, 0) is 4.79 Å². The first kappa shape index (κ1) is 17.7. The van der Waals surface area contributed by atoms with Crippen molar-refractivity contribution in [1.29, 1.82) is 0 Å². The summed E-state index contributed by atoms with van der Waals surface area (Å²) in [6.45, 7) is 0. The molecule has 0 bridgehead atoms. The van der Waals surface area contributed by atoms with Crippen LogP contribution in [0.1, 0.15) is 47.5 Å². The summed E-state index contributed by atoms with van der Waals surface area (Å²) < 4.78 is 0.906. The maximum atomic E-state index is 12.3. The number of halogens is 1. The molecule has 25 heavy (non-hydrogen) atoms. The highest BCUT2D eigenvalue weighted by Gasteiger charge is 2.27. The van der Waals surface area contributed by atoms with Crippen molar-refractivity contribution in [3.05, 3.63) is 70.2 Å². The molecule has 2 amide bonds. The molecule has 3 rings (SSSR count). The van der Waals surface area contributed by atoms with Gasteiger partial charge in [0.25, 0.3) is 5.91 Å². The van der Waals surface area contributed by atoms with Gasteiger partial charge < -0.3 is 0 Å². The number of hydrogen-bond donors (Lipinski definition) is 2. The van der Waals surface area contributed by atoms with E-state index in [2.05, 4.69) is 51.0 Å². The summed E-state index contributed by atoms with van der Waals surface area (Å²) in [6.07, 6.45) is 3.70. The number of hydrazine groups is 1. The van der Waals surface area contributed by atoms with E-state index in [0.717, 1.165) is 30.2 Å². The van der Waals surface area contributed by atoms with Gasteiger partial charge in [-0.25, -0.2) is 0 Å². The lowest BCUT2D eigenvalue weighted by Gasteiger charge is -2.28. The first-order valence-electron chi connectivity index (χ1n) is 8.54. The van der Waals surface area contributed by atoms with Crippen molar-refractivity contribution in [3.63, 3.8) is 0 Å². The van der Waals surface area contributed by atoms with E-state index in [1.165, 1.54) is 5.56 Å². The molecule has 2 aromatic carbocycles. The van der Waals surface area contributed by atoms with Gasteiger partial charge in [0.15, 0.2) is 0 Å². The zero-order valence-corrected chi connectivity index (χ0v) is 15.5. The SMILES string of the molecule is O=C(NNC(=O)C1CCC(c2ccccc2)CC1)c1ccc(Br)cc1. The molecule has 0 saturated heterocycles. The second-order valence-electron chi connectivity index (χ2n) is 6.41. The van der Waals surface area contributed by atoms with E-state index in [-0.39, 0.29) is 17.7 Å². The molecule has 130 valence electrons. The Hall–Kier alpha value is -2.14. The predicted molar refractivity (Wildman–Crippen MR) is 101 cm³/mol. The molecule has 0 unspecified atom stereocenters. The van der Waals surface area contributed by atoms with Crippen molar-refractivity contribution in [2.24, 2.45) is 5.92 Å². The fraction of sp³-hybridized carbons (Fsp3) is 0.300. The quantitative estimate of drug-likeness (QED) is 0.758. The second kappa shape index (κ2) is 8.30. The molecule has 1 aliphatic rings. The van der Waals surface area contributed by atoms with E-state index in [4.69, 9.17) is 0 Å². The zero-order chi connectivity index (χ0) is 17.6. The van der Waals surface area contributed by atoms with Gasteiger partial charge in [0.2, 0.25) is 5.91 Å². The lowest BCUT2D eigenvalue weighted by atomic mass is 9.78. The summed E-state index contributed by atoms with van der Waals surface area (Å²) in [5, 5.41) is 0. The number of nitrogens with one attached hydrogen (secondary N) is 2. The normalized spacial score (nSPS) is 19.9. The Kier molecular flexibility index (Phi) is 5.87. The molecule has 0 atom stereocenters. The lowest BCUT2D eigenvalue weighted by molar-refractivity contribution is -0.126. The van der Waals surface area contributed by atoms with Crippen LogP contribution in [0.3, 0.4) is 0 Å². The minimum Gasteiger partial charge on any atom is -0.273 e. The maximum Gasteiger partial charge on any atom is 0.269 e. The standard InChI is InChI=1S/C20H21BrN2O2/c21-18-12-10-17(11-13-18)20(25)23-22-19(24)16-8-6-15(7-9-16)14-4-2-1-3-5-14/h1-5,10-13,15-16H,6-9H2,(H,22,24)(H,23,25). The van der Waals surface area contributed by atoms with Gasteiger partial charge in [-0.15, -0.1) is 0 Å². The van der Waals surface area contributed by atoms with Crippen LogP contribution in [0.4, 0.5) is 0 Å². The Balaban J connectivity index is 1.46. The second-order valence-corrected chi connectivity index (χ2v) is 7.33. The van der Waals surface area contributed by atoms with Crippen LogP contribution in [0.25, 0.3) is 0 Å². The Morgan fingerprint density at radius 1 is 0.840 bits per heavy atom. The van der Waals surface area contributed by atoms with Gasteiger partial charge in [-0.2, -0.15) is 0 Å². The van der Waals surface area contributed by atoms with E-state index < -0.39 is 0 Å². The molecule has 5 heteroatoms. The molecule has 2 aromatic rings. The molecule has 0 heterocycles. The smallest absolute Gasteiger partial charge is 0.269 e. The lowest BCUT2D eigenvalue weighted by Crippen LogP contribution is -2.45. The highest BCUT2D eigenvalue weighted by Crippen LogP contribution is 2.35. The summed E-state index contributed by atoms with van der Waals surface area (Å²) in [5.41, 5.74) is 6.94. The molecule has 1 fully saturated rings. The molecule has 0 radical (unpaired) electrons. The third-order valence-corrected chi connectivity index (χ3v) is 5.30. The average molecular weight is 401 g/mol. The third kappa shape index (κ3) is 4.69. The third-order valence-electron chi connectivity index (χ3n) is 4.77. The van der Waals surface area contributed by atoms with Gasteiger partial charge in [0.1, 0.15) is 0 Å². The van der Waals surface area contributed by atoms with Crippen molar-refractivity contribution in [3.8, 4) is 0 Å². The number of benzene rings is 2. The summed E-state index contributed by atoms with van der Waals surface area (Å²) in [6, 6.07) is 17.5. The molecule has 4 nitrogen and oxygen atoms in total. The maximum absolute atomic E-state index is 12.3. The highest BCUT2D eigenvalue weighted by molar-refractivity contribution is 9.10. The first-order valence-corrected chi connectivity index (χ1v) is 9.33. The minimum absolute atomic E-state index is 0.0369. The van der Waals surface area contributed by atoms with Crippen LogP contribution >= 0.6 is 15.9 Å². The fourth-order valence-electron chi connectivity index (χ4n) is 3.31. The van der Waals surface area contributed by atoms with E-state index in [9.17, 15) is 9.59 Å². The first-order chi connectivity index (χ1) is 12.1. The summed E-state index contributed by atoms with van der Waals surface area (Å²) in [7, 11) is 0. The number of rotatable bonds is 3. The average Bonchev–Trinajstić information content (AvgIpc) is 2.67. The predicted octanol–water partition coefficient (Wildman–Crippen LogP) is 4.18. The Morgan fingerprint density at radius 3 is 2.12 bits per heavy atom. The van der Waals surface area contributed by atoms with Gasteiger partial charge in [-0.1, -0.05) is 46.3 Å². The van der Waals surface area contributed by atoms with Crippen LogP contribution in [0.2, 0.25) is 0 Å². The zero-order valence-electron chi connectivity index (χ0n) is 13.9. The monoisotopic (exact) mass is 400 g/mol. The number of hydrogen-bond acceptors (Lipinski definition) is 2. The van der Waals surface area contributed by atoms with Gasteiger partial charge in [-0.05, 0) is 61.4 Å². The van der Waals surface area contributed by atoms with E-state index in [1.807, 2.05) is 6.07 Å². The van der Waals surface area contributed by atoms with Gasteiger partial charge in [0, 0.05) is 16.0 Å². The molecule has 1 aliphatic carbocycles. The molecule has 1 saturated carbocycles. The minimum atomic E-state index is -0.307. The van der Waals surface area contributed by atoms with Gasteiger partial charge in [0.05, 0.1) is 0 Å². The number of carbonyl (C=O) groups excluding carboxylic acids is 2. The van der Waals surface area contributed by atoms with Crippen LogP contribution in [0.15, 0.2) is 59.1 Å². The van der Waals surface area contributed by atoms with Gasteiger partial charge in [-0.3, -0.25) is 20.4 Å². The molecule has 2 N–H and O–H groups in total. The van der Waals surface area contributed by atoms with E-state index >= 15 is 0 Å². The molecule has 0 aromatic heterocycles. The van der Waals surface area contributed by atoms with Crippen molar-refractivity contribution >= 4 is 27.7 Å². The molecule has 0 spiro atoms. The van der Waals surface area contributed by atoms with Crippen LogP contribution in [0, 0.1) is 5.92 Å². The van der Waals surface area contributed by atoms with Crippen molar-refractivity contribution in [2.45, 2.75) is 31.6 Å². The van der Waals surface area contributed by atoms with Crippen molar-refractivity contribution < 1.29 is 9.59 Å². The summed E-state index contributed by atoms with van der Waals surface area (Å²) in [5.74, 6) is 0.0866. The topological polar surface area (TPSA) is 58.2 Å². The van der Waals surface area contributed by atoms with Crippen molar-refractivity contribution in [1.82, 2.24) is 10.9 Å². The number of carbonyl (C=O) groups is 2. The number of amides is 2. The van der Waals surface area contributed by atoms with Gasteiger partial charge >= 0.3 is 0 Å². The van der Waals surface area contributed by atoms with E-state index in [1.54, 1.807) is 24.3 Å². The van der Waals surface area contributed by atoms with Crippen LogP contribution in [0.5, 0.6) is 0 Å². The van der Waals surface area contributed by atoms with Crippen molar-refractivity contribution in [2.75, 3.05) is 0 Å². The molecular formula is C20H21BrN2O2. The van der Waals surface area contributed by atoms with Crippen LogP contribution < -0.4 is 10.9 Å². The van der Waals surface area contributed by atoms with E-state index in [0.29, 0.717) is 11.5 Å². The Labute approximate surface area is 156 Å². The molecular weight excluding hydrogens is 380 g/mol. The largest absolute Gasteiger partial charge is 0.273 e. The van der Waals surface area contributed by atoms with Crippen LogP contribution in [-0.4, -0.2) is 11.8 Å². The molecule has 0 aliphatic heterocycles. The highest BCUT2D eigenvalue weighted by atomic mass is 79.9. The summed E-state index contributed by atoms with van der Waals surface area (Å²) in [4.78, 5) is 24.3. The summed E-state index contributed by atoms with van der Waals surface area (Å²) >= 11 is 3.33.